The Kier molecular flexibility index (Phi) is 6.16. The summed E-state index contributed by atoms with van der Waals surface area (Å²) in [5, 5.41) is 0. The Morgan fingerprint density at radius 2 is 1.96 bits per heavy atom. The smallest absolute Gasteiger partial charge is 0.261 e. The summed E-state index contributed by atoms with van der Waals surface area (Å²) in [6, 6.07) is 12.5. The van der Waals surface area contributed by atoms with Crippen molar-refractivity contribution in [1.29, 1.82) is 0 Å². The van der Waals surface area contributed by atoms with Crippen LogP contribution in [0.25, 0.3) is 0 Å². The van der Waals surface area contributed by atoms with Crippen LogP contribution in [0, 0.1) is 5.82 Å². The van der Waals surface area contributed by atoms with E-state index in [1.807, 2.05) is 24.3 Å². The molecule has 2 aromatic carbocycles. The molecule has 1 heterocycles. The quantitative estimate of drug-likeness (QED) is 0.670. The maximum Gasteiger partial charge on any atom is 0.261 e. The molecular formula is C19H19BrFNO4S. The molecule has 0 spiro atoms. The van der Waals surface area contributed by atoms with E-state index in [0.717, 1.165) is 10.0 Å². The number of ether oxygens (including phenoxy) is 1. The fraction of sp³-hybridized carbons (Fsp3) is 0.316. The Labute approximate surface area is 166 Å². The molecule has 0 radical (unpaired) electrons. The predicted molar refractivity (Wildman–Crippen MR) is 104 cm³/mol. The summed E-state index contributed by atoms with van der Waals surface area (Å²) in [7, 11) is -3.13. The van der Waals surface area contributed by atoms with Gasteiger partial charge < -0.3 is 9.64 Å². The van der Waals surface area contributed by atoms with Crippen molar-refractivity contribution in [3.63, 3.8) is 0 Å². The van der Waals surface area contributed by atoms with E-state index in [4.69, 9.17) is 4.74 Å². The average Bonchev–Trinajstić information content (AvgIpc) is 2.98. The number of hydrogen-bond donors (Lipinski definition) is 0. The van der Waals surface area contributed by atoms with Crippen LogP contribution in [0.15, 0.2) is 53.0 Å². The highest BCUT2D eigenvalue weighted by Crippen LogP contribution is 2.22. The lowest BCUT2D eigenvalue weighted by atomic mass is 10.1. The summed E-state index contributed by atoms with van der Waals surface area (Å²) >= 11 is 3.40. The van der Waals surface area contributed by atoms with Gasteiger partial charge >= 0.3 is 0 Å². The van der Waals surface area contributed by atoms with Crippen molar-refractivity contribution in [2.75, 3.05) is 18.1 Å². The average molecular weight is 456 g/mol. The molecule has 5 nitrogen and oxygen atoms in total. The van der Waals surface area contributed by atoms with Crippen molar-refractivity contribution in [3.8, 4) is 5.75 Å². The highest BCUT2D eigenvalue weighted by atomic mass is 79.9. The van der Waals surface area contributed by atoms with Gasteiger partial charge in [0.15, 0.2) is 16.4 Å². The van der Waals surface area contributed by atoms with E-state index in [0.29, 0.717) is 18.7 Å². The van der Waals surface area contributed by atoms with Crippen molar-refractivity contribution in [2.24, 2.45) is 0 Å². The number of amides is 1. The second-order valence-electron chi connectivity index (χ2n) is 6.45. The summed E-state index contributed by atoms with van der Waals surface area (Å²) in [5.74, 6) is -0.268. The molecule has 0 unspecified atom stereocenters. The molecule has 2 aromatic rings. The lowest BCUT2D eigenvalue weighted by Crippen LogP contribution is -2.43. The van der Waals surface area contributed by atoms with Gasteiger partial charge in [-0.3, -0.25) is 4.79 Å². The number of carbonyl (C=O) groups is 1. The first-order chi connectivity index (χ1) is 12.8. The number of sulfone groups is 1. The number of benzene rings is 2. The summed E-state index contributed by atoms with van der Waals surface area (Å²) in [6.07, 6.45) is 0.415. The Hall–Kier alpha value is -1.93. The van der Waals surface area contributed by atoms with Crippen LogP contribution in [0.4, 0.5) is 4.39 Å². The third-order valence-corrected chi connectivity index (χ3v) is 6.63. The molecule has 1 atom stereocenters. The van der Waals surface area contributed by atoms with Crippen LogP contribution in [0.5, 0.6) is 5.75 Å². The highest BCUT2D eigenvalue weighted by Gasteiger charge is 2.34. The molecule has 0 N–H and O–H groups in total. The van der Waals surface area contributed by atoms with Gasteiger partial charge in [0, 0.05) is 17.1 Å². The maximum absolute atomic E-state index is 13.0. The van der Waals surface area contributed by atoms with Crippen LogP contribution >= 0.6 is 15.9 Å². The van der Waals surface area contributed by atoms with E-state index in [1.54, 1.807) is 4.90 Å². The first-order valence-corrected chi connectivity index (χ1v) is 11.1. The fourth-order valence-electron chi connectivity index (χ4n) is 3.03. The summed E-state index contributed by atoms with van der Waals surface area (Å²) in [5.41, 5.74) is 0.892. The molecule has 1 fully saturated rings. The minimum Gasteiger partial charge on any atom is -0.484 e. The highest BCUT2D eigenvalue weighted by molar-refractivity contribution is 9.10. The lowest BCUT2D eigenvalue weighted by molar-refractivity contribution is -0.136. The molecule has 0 aromatic heterocycles. The Bertz CT molecular complexity index is 918. The normalized spacial score (nSPS) is 18.2. The largest absolute Gasteiger partial charge is 0.484 e. The van der Waals surface area contributed by atoms with Gasteiger partial charge in [0.25, 0.3) is 5.91 Å². The monoisotopic (exact) mass is 455 g/mol. The Balaban J connectivity index is 1.73. The van der Waals surface area contributed by atoms with E-state index in [-0.39, 0.29) is 35.9 Å². The molecule has 27 heavy (non-hydrogen) atoms. The molecule has 1 amide bonds. The second kappa shape index (κ2) is 8.39. The van der Waals surface area contributed by atoms with Gasteiger partial charge in [0.2, 0.25) is 0 Å². The first-order valence-electron chi connectivity index (χ1n) is 8.45. The van der Waals surface area contributed by atoms with Crippen LogP contribution in [0.1, 0.15) is 12.0 Å². The minimum absolute atomic E-state index is 0.0384. The third kappa shape index (κ3) is 5.52. The van der Waals surface area contributed by atoms with Gasteiger partial charge in [-0.2, -0.15) is 0 Å². The van der Waals surface area contributed by atoms with Crippen molar-refractivity contribution in [3.05, 3.63) is 64.4 Å². The van der Waals surface area contributed by atoms with Gasteiger partial charge in [0.05, 0.1) is 11.5 Å². The van der Waals surface area contributed by atoms with E-state index in [2.05, 4.69) is 15.9 Å². The number of carbonyl (C=O) groups excluding carboxylic acids is 1. The first kappa shape index (κ1) is 19.8. The molecule has 8 heteroatoms. The Morgan fingerprint density at radius 3 is 2.59 bits per heavy atom. The molecule has 0 bridgehead atoms. The molecule has 0 aliphatic carbocycles. The van der Waals surface area contributed by atoms with Crippen LogP contribution in [-0.4, -0.2) is 43.4 Å². The molecule has 1 aliphatic rings. The van der Waals surface area contributed by atoms with Crippen molar-refractivity contribution >= 4 is 31.7 Å². The lowest BCUT2D eigenvalue weighted by Gasteiger charge is -2.28. The summed E-state index contributed by atoms with van der Waals surface area (Å²) < 4.78 is 43.1. The van der Waals surface area contributed by atoms with Crippen LogP contribution < -0.4 is 4.74 Å². The molecular weight excluding hydrogens is 437 g/mol. The number of hydrogen-bond acceptors (Lipinski definition) is 4. The summed E-state index contributed by atoms with van der Waals surface area (Å²) in [6.45, 7) is 0.0570. The van der Waals surface area contributed by atoms with E-state index < -0.39 is 9.84 Å². The molecule has 1 saturated heterocycles. The zero-order valence-corrected chi connectivity index (χ0v) is 16.9. The minimum atomic E-state index is -3.13. The standard InChI is InChI=1S/C19H19BrFNO4S/c20-15-3-1-2-14(10-15)11-22(17-8-9-27(24,25)13-17)19(23)12-26-18-6-4-16(21)5-7-18/h1-7,10,17H,8-9,11-13H2/t17-/m1/s1. The molecule has 0 saturated carbocycles. The van der Waals surface area contributed by atoms with Gasteiger partial charge in [-0.15, -0.1) is 0 Å². The zero-order chi connectivity index (χ0) is 19.4. The van der Waals surface area contributed by atoms with Gasteiger partial charge in [-0.25, -0.2) is 12.8 Å². The zero-order valence-electron chi connectivity index (χ0n) is 14.5. The van der Waals surface area contributed by atoms with Crippen LogP contribution in [-0.2, 0) is 21.2 Å². The van der Waals surface area contributed by atoms with E-state index in [9.17, 15) is 17.6 Å². The molecule has 1 aliphatic heterocycles. The van der Waals surface area contributed by atoms with Crippen molar-refractivity contribution in [1.82, 2.24) is 4.90 Å². The SMILES string of the molecule is O=C(COc1ccc(F)cc1)N(Cc1cccc(Br)c1)[C@@H]1CCS(=O)(=O)C1. The second-order valence-corrected chi connectivity index (χ2v) is 9.60. The van der Waals surface area contributed by atoms with Gasteiger partial charge in [-0.1, -0.05) is 28.1 Å². The Morgan fingerprint density at radius 1 is 1.22 bits per heavy atom. The predicted octanol–water partition coefficient (Wildman–Crippen LogP) is 3.18. The fourth-order valence-corrected chi connectivity index (χ4v) is 5.21. The van der Waals surface area contributed by atoms with Crippen molar-refractivity contribution < 1.29 is 22.3 Å². The molecule has 144 valence electrons. The third-order valence-electron chi connectivity index (χ3n) is 4.39. The van der Waals surface area contributed by atoms with E-state index in [1.165, 1.54) is 24.3 Å². The van der Waals surface area contributed by atoms with Crippen LogP contribution in [0.2, 0.25) is 0 Å². The van der Waals surface area contributed by atoms with E-state index >= 15 is 0 Å². The van der Waals surface area contributed by atoms with Gasteiger partial charge in [0.1, 0.15) is 11.6 Å². The number of rotatable bonds is 6. The van der Waals surface area contributed by atoms with Crippen LogP contribution in [0.3, 0.4) is 0 Å². The molecule has 3 rings (SSSR count). The van der Waals surface area contributed by atoms with Gasteiger partial charge in [-0.05, 0) is 48.4 Å². The maximum atomic E-state index is 13.0. The topological polar surface area (TPSA) is 63.7 Å². The number of halogens is 2. The van der Waals surface area contributed by atoms with Crippen molar-refractivity contribution in [2.45, 2.75) is 19.0 Å². The summed E-state index contributed by atoms with van der Waals surface area (Å²) in [4.78, 5) is 14.4. The number of nitrogens with zero attached hydrogens (tertiary/aromatic N) is 1.